The van der Waals surface area contributed by atoms with E-state index in [0.717, 1.165) is 25.1 Å². The van der Waals surface area contributed by atoms with Crippen molar-refractivity contribution in [2.45, 2.75) is 26.7 Å². The molecule has 2 aromatic heterocycles. The molecule has 0 radical (unpaired) electrons. The quantitative estimate of drug-likeness (QED) is 0.849. The SMILES string of the molecule is CCCNc1ncc(Cl)c(OCCc2scnc2C)n1. The fourth-order valence-corrected chi connectivity index (χ4v) is 2.49. The molecule has 0 aliphatic carbocycles. The highest BCUT2D eigenvalue weighted by Crippen LogP contribution is 2.22. The summed E-state index contributed by atoms with van der Waals surface area (Å²) in [4.78, 5) is 13.8. The van der Waals surface area contributed by atoms with Crippen molar-refractivity contribution in [3.8, 4) is 5.88 Å². The highest BCUT2D eigenvalue weighted by molar-refractivity contribution is 7.09. The molecule has 0 atom stereocenters. The number of halogens is 1. The molecule has 5 nitrogen and oxygen atoms in total. The van der Waals surface area contributed by atoms with Gasteiger partial charge in [0.25, 0.3) is 0 Å². The van der Waals surface area contributed by atoms with Gasteiger partial charge in [-0.2, -0.15) is 4.98 Å². The van der Waals surface area contributed by atoms with Gasteiger partial charge in [-0.1, -0.05) is 18.5 Å². The van der Waals surface area contributed by atoms with E-state index < -0.39 is 0 Å². The Labute approximate surface area is 127 Å². The van der Waals surface area contributed by atoms with Gasteiger partial charge in [0.05, 0.1) is 24.0 Å². The fraction of sp³-hybridized carbons (Fsp3) is 0.462. The first kappa shape index (κ1) is 15.0. The van der Waals surface area contributed by atoms with Crippen LogP contribution in [0.5, 0.6) is 5.88 Å². The Bertz CT molecular complexity index is 561. The van der Waals surface area contributed by atoms with Crippen molar-refractivity contribution >= 4 is 28.9 Å². The molecule has 2 heterocycles. The molecule has 1 N–H and O–H groups in total. The fourth-order valence-electron chi connectivity index (χ4n) is 1.58. The number of nitrogens with zero attached hydrogens (tertiary/aromatic N) is 3. The lowest BCUT2D eigenvalue weighted by molar-refractivity contribution is 0.310. The largest absolute Gasteiger partial charge is 0.476 e. The van der Waals surface area contributed by atoms with Gasteiger partial charge in [0.1, 0.15) is 5.02 Å². The van der Waals surface area contributed by atoms with Crippen LogP contribution in [0.15, 0.2) is 11.7 Å². The van der Waals surface area contributed by atoms with Gasteiger partial charge in [0.2, 0.25) is 11.8 Å². The minimum Gasteiger partial charge on any atom is -0.476 e. The summed E-state index contributed by atoms with van der Waals surface area (Å²) < 4.78 is 5.64. The van der Waals surface area contributed by atoms with E-state index in [1.54, 1.807) is 17.5 Å². The van der Waals surface area contributed by atoms with Gasteiger partial charge < -0.3 is 10.1 Å². The summed E-state index contributed by atoms with van der Waals surface area (Å²) in [5.41, 5.74) is 2.90. The summed E-state index contributed by atoms with van der Waals surface area (Å²) in [5, 5.41) is 3.53. The Morgan fingerprint density at radius 3 is 2.95 bits per heavy atom. The Balaban J connectivity index is 1.92. The lowest BCUT2D eigenvalue weighted by Crippen LogP contribution is -2.07. The van der Waals surface area contributed by atoms with Crippen molar-refractivity contribution in [3.63, 3.8) is 0 Å². The lowest BCUT2D eigenvalue weighted by Gasteiger charge is -2.08. The first-order chi connectivity index (χ1) is 9.70. The molecular weight excluding hydrogens is 296 g/mol. The molecule has 2 aromatic rings. The highest BCUT2D eigenvalue weighted by Gasteiger charge is 2.08. The molecule has 0 aromatic carbocycles. The Hall–Kier alpha value is -1.40. The van der Waals surface area contributed by atoms with Crippen molar-refractivity contribution in [2.75, 3.05) is 18.5 Å². The maximum atomic E-state index is 6.03. The van der Waals surface area contributed by atoms with Gasteiger partial charge in [-0.25, -0.2) is 9.97 Å². The second-order valence-corrected chi connectivity index (χ2v) is 5.58. The van der Waals surface area contributed by atoms with E-state index in [9.17, 15) is 0 Å². The smallest absolute Gasteiger partial charge is 0.237 e. The summed E-state index contributed by atoms with van der Waals surface area (Å²) in [6.45, 7) is 5.42. The van der Waals surface area contributed by atoms with Crippen LogP contribution >= 0.6 is 22.9 Å². The monoisotopic (exact) mass is 312 g/mol. The van der Waals surface area contributed by atoms with Crippen molar-refractivity contribution in [1.82, 2.24) is 15.0 Å². The molecule has 0 aliphatic heterocycles. The summed E-state index contributed by atoms with van der Waals surface area (Å²) in [6, 6.07) is 0. The van der Waals surface area contributed by atoms with Crippen LogP contribution in [-0.4, -0.2) is 28.1 Å². The zero-order chi connectivity index (χ0) is 14.4. The highest BCUT2D eigenvalue weighted by atomic mass is 35.5. The van der Waals surface area contributed by atoms with Crippen LogP contribution in [0.1, 0.15) is 23.9 Å². The standard InChI is InChI=1S/C13H17ClN4OS/c1-3-5-15-13-16-7-10(14)12(18-13)19-6-4-11-9(2)17-8-20-11/h7-8H,3-6H2,1-2H3,(H,15,16,18). The third-order valence-electron chi connectivity index (χ3n) is 2.66. The van der Waals surface area contributed by atoms with Gasteiger partial charge in [-0.15, -0.1) is 11.3 Å². The zero-order valence-electron chi connectivity index (χ0n) is 11.5. The van der Waals surface area contributed by atoms with Crippen LogP contribution in [-0.2, 0) is 6.42 Å². The Morgan fingerprint density at radius 1 is 1.40 bits per heavy atom. The molecule has 2 rings (SSSR count). The van der Waals surface area contributed by atoms with Crippen molar-refractivity contribution < 1.29 is 4.74 Å². The van der Waals surface area contributed by atoms with Crippen molar-refractivity contribution in [1.29, 1.82) is 0 Å². The first-order valence-corrected chi connectivity index (χ1v) is 7.74. The molecular formula is C13H17ClN4OS. The number of aromatic nitrogens is 3. The van der Waals surface area contributed by atoms with Crippen molar-refractivity contribution in [3.05, 3.63) is 27.3 Å². The third-order valence-corrected chi connectivity index (χ3v) is 3.91. The maximum Gasteiger partial charge on any atom is 0.237 e. The summed E-state index contributed by atoms with van der Waals surface area (Å²) in [7, 11) is 0. The Kier molecular flexibility index (Phi) is 5.55. The van der Waals surface area contributed by atoms with Gasteiger partial charge in [-0.3, -0.25) is 0 Å². The molecule has 0 unspecified atom stereocenters. The summed E-state index contributed by atoms with van der Waals surface area (Å²) >= 11 is 7.67. The topological polar surface area (TPSA) is 59.9 Å². The molecule has 0 amide bonds. The molecule has 0 saturated heterocycles. The molecule has 0 aliphatic rings. The van der Waals surface area contributed by atoms with E-state index in [1.165, 1.54) is 4.88 Å². The zero-order valence-corrected chi connectivity index (χ0v) is 13.1. The average molecular weight is 313 g/mol. The predicted molar refractivity (Wildman–Crippen MR) is 81.9 cm³/mol. The molecule has 0 saturated carbocycles. The number of anilines is 1. The minimum atomic E-state index is 0.419. The third kappa shape index (κ3) is 4.05. The predicted octanol–water partition coefficient (Wildman–Crippen LogP) is 3.34. The molecule has 20 heavy (non-hydrogen) atoms. The molecule has 7 heteroatoms. The van der Waals surface area contributed by atoms with Crippen LogP contribution in [0.3, 0.4) is 0 Å². The van der Waals surface area contributed by atoms with E-state index in [0.29, 0.717) is 23.5 Å². The lowest BCUT2D eigenvalue weighted by atomic mass is 10.3. The van der Waals surface area contributed by atoms with Gasteiger partial charge in [-0.05, 0) is 13.3 Å². The van der Waals surface area contributed by atoms with E-state index in [4.69, 9.17) is 16.3 Å². The normalized spacial score (nSPS) is 10.6. The number of nitrogens with one attached hydrogen (secondary N) is 1. The van der Waals surface area contributed by atoms with Crippen LogP contribution in [0.25, 0.3) is 0 Å². The number of rotatable bonds is 7. The second-order valence-electron chi connectivity index (χ2n) is 4.23. The van der Waals surface area contributed by atoms with Gasteiger partial charge in [0.15, 0.2) is 0 Å². The number of thiazole rings is 1. The molecule has 108 valence electrons. The first-order valence-electron chi connectivity index (χ1n) is 6.49. The van der Waals surface area contributed by atoms with E-state index >= 15 is 0 Å². The molecule has 0 fully saturated rings. The van der Waals surface area contributed by atoms with Gasteiger partial charge >= 0.3 is 0 Å². The van der Waals surface area contributed by atoms with Crippen molar-refractivity contribution in [2.24, 2.45) is 0 Å². The van der Waals surface area contributed by atoms with E-state index in [-0.39, 0.29) is 0 Å². The van der Waals surface area contributed by atoms with Crippen LogP contribution in [0, 0.1) is 6.92 Å². The minimum absolute atomic E-state index is 0.419. The van der Waals surface area contributed by atoms with Crippen LogP contribution < -0.4 is 10.1 Å². The summed E-state index contributed by atoms with van der Waals surface area (Å²) in [5.74, 6) is 0.961. The van der Waals surface area contributed by atoms with E-state index in [2.05, 4.69) is 27.2 Å². The second kappa shape index (κ2) is 7.40. The Morgan fingerprint density at radius 2 is 2.25 bits per heavy atom. The van der Waals surface area contributed by atoms with Crippen LogP contribution in [0.2, 0.25) is 5.02 Å². The average Bonchev–Trinajstić information content (AvgIpc) is 2.85. The molecule has 0 spiro atoms. The maximum absolute atomic E-state index is 6.03. The van der Waals surface area contributed by atoms with E-state index in [1.807, 2.05) is 12.4 Å². The number of hydrogen-bond acceptors (Lipinski definition) is 6. The number of hydrogen-bond donors (Lipinski definition) is 1. The summed E-state index contributed by atoms with van der Waals surface area (Å²) in [6.07, 6.45) is 3.36. The number of aryl methyl sites for hydroxylation is 1. The van der Waals surface area contributed by atoms with Gasteiger partial charge in [0, 0.05) is 17.8 Å². The number of ether oxygens (including phenoxy) is 1. The van der Waals surface area contributed by atoms with Crippen LogP contribution in [0.4, 0.5) is 5.95 Å². The molecule has 0 bridgehead atoms.